The average Bonchev–Trinajstić information content (AvgIpc) is 3.25. The number of aryl methyl sites for hydroxylation is 2. The molecule has 6 rings (SSSR count). The third kappa shape index (κ3) is 15.9. The van der Waals surface area contributed by atoms with Crippen molar-refractivity contribution >= 4 is 22.1 Å². The predicted octanol–water partition coefficient (Wildman–Crippen LogP) is 11.1. The van der Waals surface area contributed by atoms with Crippen molar-refractivity contribution in [3.05, 3.63) is 190 Å². The summed E-state index contributed by atoms with van der Waals surface area (Å²) >= 11 is 3.36. The molecule has 0 unspecified atom stereocenters. The molecule has 8 nitrogen and oxygen atoms in total. The largest absolute Gasteiger partial charge is 0.508 e. The molecule has 0 aromatic heterocycles. The van der Waals surface area contributed by atoms with E-state index in [0.29, 0.717) is 13.2 Å². The zero-order valence-electron chi connectivity index (χ0n) is 32.3. The average molecular weight is 822 g/mol. The third-order valence-corrected chi connectivity index (χ3v) is 8.91. The standard InChI is InChI=1S/C24H24O5.C15H16O2.C8H9BrO/c1-18-3-5-19(6-4-18)15-27-23-13-9-21(10-14-23)17-29-24(25)28-16-20-7-11-22(26-2)12-8-20;1-12-2-4-14(5-3-12)11-17-15-8-6-13(10-16)7-9-15;1-10-8-4-2-7(6-9)3-5-8/h3-14H,15-17H2,1-2H3;2-9,16H,10-11H2,1H3;2-5H,6H2,1H3. The van der Waals surface area contributed by atoms with Crippen molar-refractivity contribution in [1.82, 2.24) is 0 Å². The summed E-state index contributed by atoms with van der Waals surface area (Å²) in [5.74, 6) is 3.24. The first kappa shape index (κ1) is 43.0. The second-order valence-corrected chi connectivity index (χ2v) is 13.2. The predicted molar refractivity (Wildman–Crippen MR) is 223 cm³/mol. The van der Waals surface area contributed by atoms with E-state index in [4.69, 9.17) is 33.5 Å². The normalized spacial score (nSPS) is 10.1. The van der Waals surface area contributed by atoms with E-state index in [9.17, 15) is 4.79 Å². The number of hydrogen-bond acceptors (Lipinski definition) is 8. The number of hydrogen-bond donors (Lipinski definition) is 1. The number of carbonyl (C=O) groups excluding carboxylic acids is 1. The van der Waals surface area contributed by atoms with Crippen LogP contribution in [0.5, 0.6) is 23.0 Å². The number of ether oxygens (including phenoxy) is 6. The van der Waals surface area contributed by atoms with E-state index in [1.807, 2.05) is 97.1 Å². The Morgan fingerprint density at radius 1 is 0.446 bits per heavy atom. The molecule has 0 aliphatic rings. The van der Waals surface area contributed by atoms with Crippen LogP contribution >= 0.6 is 15.9 Å². The third-order valence-electron chi connectivity index (χ3n) is 8.27. The molecule has 292 valence electrons. The van der Waals surface area contributed by atoms with Crippen LogP contribution in [-0.2, 0) is 47.8 Å². The van der Waals surface area contributed by atoms with E-state index in [1.165, 1.54) is 16.7 Å². The van der Waals surface area contributed by atoms with Crippen LogP contribution in [0.4, 0.5) is 4.79 Å². The van der Waals surface area contributed by atoms with Gasteiger partial charge < -0.3 is 33.5 Å². The van der Waals surface area contributed by atoms with E-state index in [0.717, 1.165) is 56.1 Å². The first-order chi connectivity index (χ1) is 27.3. The van der Waals surface area contributed by atoms with Gasteiger partial charge in [0.25, 0.3) is 0 Å². The van der Waals surface area contributed by atoms with Gasteiger partial charge in [-0.25, -0.2) is 4.79 Å². The Morgan fingerprint density at radius 2 is 0.750 bits per heavy atom. The van der Waals surface area contributed by atoms with Crippen LogP contribution in [0.2, 0.25) is 0 Å². The van der Waals surface area contributed by atoms with Crippen molar-refractivity contribution in [3.63, 3.8) is 0 Å². The lowest BCUT2D eigenvalue weighted by Crippen LogP contribution is -2.07. The number of halogens is 1. The molecule has 0 spiro atoms. The minimum atomic E-state index is -0.708. The summed E-state index contributed by atoms with van der Waals surface area (Å²) in [6, 6.07) is 46.7. The molecular formula is C47H49BrO8. The van der Waals surface area contributed by atoms with Gasteiger partial charge in [0.05, 0.1) is 20.8 Å². The molecule has 0 aliphatic heterocycles. The highest BCUT2D eigenvalue weighted by atomic mass is 79.9. The number of carbonyl (C=O) groups is 1. The Bertz CT molecular complexity index is 1960. The summed E-state index contributed by atoms with van der Waals surface area (Å²) in [6.07, 6.45) is -0.708. The molecule has 9 heteroatoms. The lowest BCUT2D eigenvalue weighted by atomic mass is 10.2. The van der Waals surface area contributed by atoms with Crippen LogP contribution in [0.3, 0.4) is 0 Å². The van der Waals surface area contributed by atoms with Crippen LogP contribution in [0.25, 0.3) is 0 Å². The Morgan fingerprint density at radius 3 is 1.09 bits per heavy atom. The van der Waals surface area contributed by atoms with Crippen molar-refractivity contribution < 1.29 is 38.3 Å². The van der Waals surface area contributed by atoms with Gasteiger partial charge in [0.15, 0.2) is 0 Å². The van der Waals surface area contributed by atoms with Gasteiger partial charge in [0.1, 0.15) is 49.4 Å². The second-order valence-electron chi connectivity index (χ2n) is 12.7. The zero-order valence-corrected chi connectivity index (χ0v) is 33.9. The Kier molecular flexibility index (Phi) is 18.3. The van der Waals surface area contributed by atoms with Crippen molar-refractivity contribution in [2.75, 3.05) is 14.2 Å². The van der Waals surface area contributed by atoms with Gasteiger partial charge in [-0.05, 0) is 95.8 Å². The van der Waals surface area contributed by atoms with Gasteiger partial charge in [-0.15, -0.1) is 0 Å². The molecule has 0 saturated heterocycles. The number of benzene rings is 6. The van der Waals surface area contributed by atoms with Crippen molar-refractivity contribution in [1.29, 1.82) is 0 Å². The first-order valence-electron chi connectivity index (χ1n) is 18.0. The molecule has 0 bridgehead atoms. The van der Waals surface area contributed by atoms with E-state index in [-0.39, 0.29) is 19.8 Å². The van der Waals surface area contributed by atoms with Crippen molar-refractivity contribution in [3.8, 4) is 23.0 Å². The van der Waals surface area contributed by atoms with Crippen molar-refractivity contribution in [2.24, 2.45) is 0 Å². The smallest absolute Gasteiger partial charge is 0.497 e. The van der Waals surface area contributed by atoms with Crippen LogP contribution in [0.1, 0.15) is 44.5 Å². The molecule has 0 fully saturated rings. The highest BCUT2D eigenvalue weighted by Crippen LogP contribution is 2.18. The fourth-order valence-electron chi connectivity index (χ4n) is 4.84. The molecule has 0 heterocycles. The minimum Gasteiger partial charge on any atom is -0.497 e. The quantitative estimate of drug-likeness (QED) is 0.0858. The molecule has 0 aliphatic carbocycles. The number of aliphatic hydroxyl groups is 1. The van der Waals surface area contributed by atoms with Gasteiger partial charge in [-0.3, -0.25) is 0 Å². The molecule has 56 heavy (non-hydrogen) atoms. The maximum Gasteiger partial charge on any atom is 0.508 e. The summed E-state index contributed by atoms with van der Waals surface area (Å²) < 4.78 is 31.8. The van der Waals surface area contributed by atoms with Gasteiger partial charge in [-0.1, -0.05) is 124 Å². The molecule has 0 amide bonds. The van der Waals surface area contributed by atoms with E-state index < -0.39 is 6.16 Å². The fraction of sp³-hybridized carbons (Fsp3) is 0.213. The van der Waals surface area contributed by atoms with Crippen LogP contribution in [0.15, 0.2) is 146 Å². The molecule has 6 aromatic rings. The first-order valence-corrected chi connectivity index (χ1v) is 19.2. The van der Waals surface area contributed by atoms with Gasteiger partial charge >= 0.3 is 6.16 Å². The number of alkyl halides is 1. The summed E-state index contributed by atoms with van der Waals surface area (Å²) in [6.45, 7) is 5.55. The summed E-state index contributed by atoms with van der Waals surface area (Å²) in [4.78, 5) is 11.8. The molecule has 6 aromatic carbocycles. The molecular weight excluding hydrogens is 772 g/mol. The van der Waals surface area contributed by atoms with Crippen LogP contribution < -0.4 is 18.9 Å². The Hall–Kier alpha value is -5.77. The van der Waals surface area contributed by atoms with Gasteiger partial charge in [0.2, 0.25) is 0 Å². The Labute approximate surface area is 338 Å². The number of aliphatic hydroxyl groups excluding tert-OH is 1. The Balaban J connectivity index is 0.000000216. The van der Waals surface area contributed by atoms with Crippen LogP contribution in [0, 0.1) is 13.8 Å². The highest BCUT2D eigenvalue weighted by molar-refractivity contribution is 9.08. The molecule has 0 saturated carbocycles. The monoisotopic (exact) mass is 820 g/mol. The summed E-state index contributed by atoms with van der Waals surface area (Å²) in [7, 11) is 3.27. The molecule has 0 atom stereocenters. The number of methoxy groups -OCH3 is 2. The molecule has 1 N–H and O–H groups in total. The minimum absolute atomic E-state index is 0.0677. The van der Waals surface area contributed by atoms with Crippen molar-refractivity contribution in [2.45, 2.75) is 52.2 Å². The maximum atomic E-state index is 11.8. The second kappa shape index (κ2) is 23.9. The number of rotatable bonds is 14. The SMILES string of the molecule is COc1ccc(CBr)cc1.COc1ccc(COC(=O)OCc2ccc(OCc3ccc(C)cc3)cc2)cc1.Cc1ccc(COc2ccc(CO)cc2)cc1. The molecule has 0 radical (unpaired) electrons. The lowest BCUT2D eigenvalue weighted by Gasteiger charge is -2.09. The fourth-order valence-corrected chi connectivity index (χ4v) is 5.21. The van der Waals surface area contributed by atoms with E-state index in [1.54, 1.807) is 14.2 Å². The zero-order chi connectivity index (χ0) is 40.0. The topological polar surface area (TPSA) is 92.7 Å². The maximum absolute atomic E-state index is 11.8. The van der Waals surface area contributed by atoms with E-state index in [2.05, 4.69) is 78.3 Å². The summed E-state index contributed by atoms with van der Waals surface area (Å²) in [5, 5.41) is 9.82. The van der Waals surface area contributed by atoms with E-state index >= 15 is 0 Å². The van der Waals surface area contributed by atoms with Crippen LogP contribution in [-0.4, -0.2) is 25.5 Å². The van der Waals surface area contributed by atoms with Gasteiger partial charge in [0, 0.05) is 5.33 Å². The van der Waals surface area contributed by atoms with Gasteiger partial charge in [-0.2, -0.15) is 0 Å². The lowest BCUT2D eigenvalue weighted by molar-refractivity contribution is 0.0446. The highest BCUT2D eigenvalue weighted by Gasteiger charge is 2.06. The summed E-state index contributed by atoms with van der Waals surface area (Å²) in [5.41, 5.74) is 8.62.